The van der Waals surface area contributed by atoms with Crippen LogP contribution in [0.25, 0.3) is 5.57 Å². The highest BCUT2D eigenvalue weighted by Gasteiger charge is 2.20. The largest absolute Gasteiger partial charge is 0.356 e. The summed E-state index contributed by atoms with van der Waals surface area (Å²) in [6.45, 7) is 2.36. The first-order valence-corrected chi connectivity index (χ1v) is 9.99. The summed E-state index contributed by atoms with van der Waals surface area (Å²) in [6, 6.07) is 4.76. The second-order valence-electron chi connectivity index (χ2n) is 6.95. The maximum atomic E-state index is 12.5. The number of nitrogens with one attached hydrogen (secondary N) is 2. The number of nitrogens with zero attached hydrogens (tertiary/aromatic N) is 3. The number of carbonyl (C=O) groups excluding carboxylic acids is 2. The molecule has 0 fully saturated rings. The van der Waals surface area contributed by atoms with Crippen molar-refractivity contribution in [1.29, 1.82) is 0 Å². The van der Waals surface area contributed by atoms with E-state index in [0.29, 0.717) is 54.6 Å². The number of carbonyl (C=O) groups is 2. The predicted molar refractivity (Wildman–Crippen MR) is 114 cm³/mol. The zero-order valence-corrected chi connectivity index (χ0v) is 17.4. The van der Waals surface area contributed by atoms with Crippen molar-refractivity contribution in [2.24, 2.45) is 0 Å². The minimum atomic E-state index is -0.589. The fourth-order valence-electron chi connectivity index (χ4n) is 3.07. The summed E-state index contributed by atoms with van der Waals surface area (Å²) in [6.07, 6.45) is 6.38. The van der Waals surface area contributed by atoms with Gasteiger partial charge in [0.1, 0.15) is 12.5 Å². The Morgan fingerprint density at radius 2 is 2.03 bits per heavy atom. The molecule has 158 valence electrons. The Balaban J connectivity index is 1.58. The number of hydrogen-bond acceptors (Lipinski definition) is 4. The molecule has 0 radical (unpaired) electrons. The molecule has 0 saturated carbocycles. The Hall–Kier alpha value is -3.00. The molecule has 3 heterocycles. The average Bonchev–Trinajstić information content (AvgIpc) is 2.74. The van der Waals surface area contributed by atoms with Crippen molar-refractivity contribution in [3.05, 3.63) is 58.5 Å². The fourth-order valence-corrected chi connectivity index (χ4v) is 3.38. The van der Waals surface area contributed by atoms with Crippen molar-refractivity contribution in [2.45, 2.75) is 26.4 Å². The quantitative estimate of drug-likeness (QED) is 0.731. The van der Waals surface area contributed by atoms with Gasteiger partial charge < -0.3 is 10.2 Å². The number of rotatable bonds is 6. The van der Waals surface area contributed by atoms with Gasteiger partial charge in [-0.05, 0) is 36.1 Å². The van der Waals surface area contributed by atoms with Gasteiger partial charge in [0.2, 0.25) is 5.91 Å². The van der Waals surface area contributed by atoms with E-state index < -0.39 is 6.67 Å². The minimum absolute atomic E-state index is 0.0702. The normalized spacial score (nSPS) is 13.6. The predicted octanol–water partition coefficient (Wildman–Crippen LogP) is 3.60. The number of hydrogen-bond donors (Lipinski definition) is 2. The van der Waals surface area contributed by atoms with Crippen LogP contribution in [-0.2, 0) is 17.9 Å². The van der Waals surface area contributed by atoms with Crippen LogP contribution < -0.4 is 10.6 Å². The fraction of sp³-hybridized carbons (Fsp3) is 0.333. The Labute approximate surface area is 179 Å². The highest BCUT2D eigenvalue weighted by atomic mass is 35.5. The molecular formula is C21H23ClFN5O2. The lowest BCUT2D eigenvalue weighted by atomic mass is 10.0. The summed E-state index contributed by atoms with van der Waals surface area (Å²) in [7, 11) is 0. The van der Waals surface area contributed by atoms with Crippen LogP contribution >= 0.6 is 11.6 Å². The van der Waals surface area contributed by atoms with Crippen LogP contribution in [0.1, 0.15) is 30.2 Å². The van der Waals surface area contributed by atoms with Crippen molar-refractivity contribution in [3.63, 3.8) is 0 Å². The smallest absolute Gasteiger partial charge is 0.323 e. The highest BCUT2D eigenvalue weighted by Crippen LogP contribution is 2.27. The topological polar surface area (TPSA) is 87.2 Å². The monoisotopic (exact) mass is 431 g/mol. The van der Waals surface area contributed by atoms with E-state index in [-0.39, 0.29) is 11.9 Å². The van der Waals surface area contributed by atoms with Gasteiger partial charge in [-0.25, -0.2) is 14.2 Å². The second-order valence-corrected chi connectivity index (χ2v) is 7.36. The number of pyridine rings is 2. The molecule has 7 nitrogen and oxygen atoms in total. The van der Waals surface area contributed by atoms with E-state index in [1.165, 1.54) is 13.1 Å². The molecule has 0 spiro atoms. The molecule has 9 heteroatoms. The number of anilines is 1. The first-order valence-electron chi connectivity index (χ1n) is 9.61. The van der Waals surface area contributed by atoms with E-state index in [4.69, 9.17) is 11.6 Å². The number of halogens is 2. The third-order valence-corrected chi connectivity index (χ3v) is 4.99. The molecule has 1 aliphatic rings. The van der Waals surface area contributed by atoms with E-state index in [9.17, 15) is 14.0 Å². The summed E-state index contributed by atoms with van der Waals surface area (Å²) in [4.78, 5) is 33.6. The van der Waals surface area contributed by atoms with Crippen LogP contribution in [0.3, 0.4) is 0 Å². The van der Waals surface area contributed by atoms with E-state index in [1.807, 2.05) is 12.1 Å². The summed E-state index contributed by atoms with van der Waals surface area (Å²) in [5.74, 6) is 0.311. The highest BCUT2D eigenvalue weighted by molar-refractivity contribution is 6.32. The second kappa shape index (κ2) is 10.2. The van der Waals surface area contributed by atoms with E-state index in [0.717, 1.165) is 11.1 Å². The minimum Gasteiger partial charge on any atom is -0.356 e. The summed E-state index contributed by atoms with van der Waals surface area (Å²) in [5.41, 5.74) is 3.11. The lowest BCUT2D eigenvalue weighted by molar-refractivity contribution is -0.118. The van der Waals surface area contributed by atoms with Crippen LogP contribution in [-0.4, -0.2) is 46.4 Å². The van der Waals surface area contributed by atoms with Gasteiger partial charge in [-0.1, -0.05) is 23.7 Å². The van der Waals surface area contributed by atoms with Gasteiger partial charge >= 0.3 is 6.03 Å². The number of urea groups is 1. The van der Waals surface area contributed by atoms with Gasteiger partial charge in [-0.2, -0.15) is 0 Å². The van der Waals surface area contributed by atoms with Crippen molar-refractivity contribution >= 4 is 34.9 Å². The van der Waals surface area contributed by atoms with Gasteiger partial charge in [0.15, 0.2) is 0 Å². The Bertz CT molecular complexity index is 949. The molecule has 0 bridgehead atoms. The van der Waals surface area contributed by atoms with Crippen LogP contribution in [0, 0.1) is 0 Å². The van der Waals surface area contributed by atoms with Gasteiger partial charge in [-0.15, -0.1) is 0 Å². The molecule has 1 aliphatic heterocycles. The standard InChI is InChI=1S/C21H23ClFN5O2/c1-14(29)24-7-4-15-10-18(22)20(26-12-15)17-5-8-28(9-6-17)21(30)27-19-3-2-16(11-23)13-25-19/h2-3,5,10,12-13H,4,6-9,11H2,1H3,(H,24,29)(H,25,27,30). The first kappa shape index (κ1) is 21.7. The number of alkyl halides is 1. The zero-order chi connectivity index (χ0) is 21.5. The summed E-state index contributed by atoms with van der Waals surface area (Å²) < 4.78 is 12.5. The maximum absolute atomic E-state index is 12.5. The Morgan fingerprint density at radius 1 is 1.23 bits per heavy atom. The van der Waals surface area contributed by atoms with Gasteiger partial charge in [0.25, 0.3) is 0 Å². The third-order valence-electron chi connectivity index (χ3n) is 4.70. The summed E-state index contributed by atoms with van der Waals surface area (Å²) in [5, 5.41) is 6.01. The van der Waals surface area contributed by atoms with Crippen molar-refractivity contribution in [1.82, 2.24) is 20.2 Å². The van der Waals surface area contributed by atoms with Crippen molar-refractivity contribution in [2.75, 3.05) is 25.0 Å². The summed E-state index contributed by atoms with van der Waals surface area (Å²) >= 11 is 6.42. The van der Waals surface area contributed by atoms with Crippen molar-refractivity contribution in [3.8, 4) is 0 Å². The van der Waals surface area contributed by atoms with E-state index in [1.54, 1.807) is 23.2 Å². The van der Waals surface area contributed by atoms with Crippen LogP contribution in [0.15, 0.2) is 36.7 Å². The maximum Gasteiger partial charge on any atom is 0.323 e. The lowest BCUT2D eigenvalue weighted by Gasteiger charge is -2.26. The van der Waals surface area contributed by atoms with Crippen molar-refractivity contribution < 1.29 is 14.0 Å². The van der Waals surface area contributed by atoms with Gasteiger partial charge in [-0.3, -0.25) is 15.1 Å². The SMILES string of the molecule is CC(=O)NCCc1cnc(C2=CCN(C(=O)Nc3ccc(CF)cn3)CC2)c(Cl)c1. The first-order chi connectivity index (χ1) is 14.5. The van der Waals surface area contributed by atoms with E-state index >= 15 is 0 Å². The zero-order valence-electron chi connectivity index (χ0n) is 16.6. The van der Waals surface area contributed by atoms with Gasteiger partial charge in [0.05, 0.1) is 10.7 Å². The molecule has 2 N–H and O–H groups in total. The Morgan fingerprint density at radius 3 is 2.63 bits per heavy atom. The number of aromatic nitrogens is 2. The Kier molecular flexibility index (Phi) is 7.35. The molecule has 0 atom stereocenters. The molecule has 3 amide bonds. The molecular weight excluding hydrogens is 409 g/mol. The average molecular weight is 432 g/mol. The molecule has 0 unspecified atom stereocenters. The van der Waals surface area contributed by atoms with Crippen LogP contribution in [0.5, 0.6) is 0 Å². The third kappa shape index (κ3) is 5.76. The lowest BCUT2D eigenvalue weighted by Crippen LogP contribution is -2.38. The molecule has 0 aliphatic carbocycles. The molecule has 0 saturated heterocycles. The van der Waals surface area contributed by atoms with Crippen LogP contribution in [0.4, 0.5) is 15.0 Å². The van der Waals surface area contributed by atoms with E-state index in [2.05, 4.69) is 20.6 Å². The molecule has 2 aromatic rings. The molecule has 30 heavy (non-hydrogen) atoms. The van der Waals surface area contributed by atoms with Gasteiger partial charge in [0, 0.05) is 44.5 Å². The molecule has 0 aromatic carbocycles. The van der Waals surface area contributed by atoms with Crippen LogP contribution in [0.2, 0.25) is 5.02 Å². The molecule has 2 aromatic heterocycles. The number of amides is 3. The molecule has 3 rings (SSSR count).